The van der Waals surface area contributed by atoms with Gasteiger partial charge in [-0.2, -0.15) is 10.2 Å². The number of hydrogen-bond donors (Lipinski definition) is 2. The summed E-state index contributed by atoms with van der Waals surface area (Å²) in [4.78, 5) is 42.6. The molecule has 0 aliphatic heterocycles. The van der Waals surface area contributed by atoms with Gasteiger partial charge in [-0.05, 0) is 36.8 Å². The molecule has 0 saturated carbocycles. The van der Waals surface area contributed by atoms with Gasteiger partial charge in [0.2, 0.25) is 0 Å². The second-order valence-electron chi connectivity index (χ2n) is 9.01. The van der Waals surface area contributed by atoms with Gasteiger partial charge in [0.05, 0.1) is 40.5 Å². The van der Waals surface area contributed by atoms with Crippen molar-refractivity contribution >= 4 is 52.7 Å². The standard InChI is InChI=1S/C25H21Cl3F4N8O4/c1-38(25(43)44-2)37-23(41)13-6-11(26)7-15(28)19(13)34-24(42)18-8-12(35-40(18)22-14(27)4-3-5-33-22)10-39-17(21(31)32)9-16(36-39)20(29)30/h3-5,7-9,11,20-21H,6,10H2,1-2H3,(H,34,42)(H,37,41). The normalized spacial score (nSPS) is 15.0. The molecule has 3 aromatic heterocycles. The fourth-order valence-electron chi connectivity index (χ4n) is 4.04. The molecule has 3 heterocycles. The molecule has 1 aliphatic carbocycles. The van der Waals surface area contributed by atoms with Crippen LogP contribution in [0.3, 0.4) is 0 Å². The number of carbonyl (C=O) groups excluding carboxylic acids is 3. The molecule has 234 valence electrons. The van der Waals surface area contributed by atoms with E-state index >= 15 is 0 Å². The van der Waals surface area contributed by atoms with Crippen LogP contribution in [0.1, 0.15) is 46.8 Å². The summed E-state index contributed by atoms with van der Waals surface area (Å²) in [5.74, 6) is -1.78. The van der Waals surface area contributed by atoms with Crippen molar-refractivity contribution in [2.24, 2.45) is 0 Å². The maximum Gasteiger partial charge on any atom is 0.428 e. The number of halogens is 7. The van der Waals surface area contributed by atoms with Crippen molar-refractivity contribution in [3.8, 4) is 5.82 Å². The van der Waals surface area contributed by atoms with Crippen LogP contribution in [0.15, 0.2) is 52.8 Å². The Morgan fingerprint density at radius 2 is 1.86 bits per heavy atom. The average Bonchev–Trinajstić information content (AvgIpc) is 3.59. The number of methoxy groups -OCH3 is 1. The van der Waals surface area contributed by atoms with E-state index in [1.807, 2.05) is 0 Å². The summed E-state index contributed by atoms with van der Waals surface area (Å²) in [6.07, 6.45) is -4.50. The predicted molar refractivity (Wildman–Crippen MR) is 149 cm³/mol. The molecule has 0 saturated heterocycles. The number of carbonyl (C=O) groups is 3. The zero-order chi connectivity index (χ0) is 32.3. The third-order valence-electron chi connectivity index (χ3n) is 6.02. The fraction of sp³-hybridized carbons (Fsp3) is 0.280. The molecule has 1 unspecified atom stereocenters. The molecule has 0 radical (unpaired) electrons. The largest absolute Gasteiger partial charge is 0.452 e. The molecule has 12 nitrogen and oxygen atoms in total. The number of nitrogens with one attached hydrogen (secondary N) is 2. The van der Waals surface area contributed by atoms with E-state index in [0.29, 0.717) is 10.7 Å². The highest BCUT2D eigenvalue weighted by atomic mass is 35.5. The zero-order valence-corrected chi connectivity index (χ0v) is 24.8. The fourth-order valence-corrected chi connectivity index (χ4v) is 4.90. The lowest BCUT2D eigenvalue weighted by molar-refractivity contribution is -0.121. The first-order valence-electron chi connectivity index (χ1n) is 12.3. The van der Waals surface area contributed by atoms with E-state index < -0.39 is 54.1 Å². The summed E-state index contributed by atoms with van der Waals surface area (Å²) in [6.45, 7) is -0.533. The Hall–Kier alpha value is -4.15. The van der Waals surface area contributed by atoms with Crippen molar-refractivity contribution in [1.29, 1.82) is 0 Å². The lowest BCUT2D eigenvalue weighted by Crippen LogP contribution is -2.45. The van der Waals surface area contributed by atoms with Crippen molar-refractivity contribution in [3.05, 3.63) is 80.6 Å². The zero-order valence-electron chi connectivity index (χ0n) is 22.6. The van der Waals surface area contributed by atoms with Crippen molar-refractivity contribution in [2.45, 2.75) is 31.2 Å². The SMILES string of the molecule is COC(=O)N(C)NC(=O)C1=C(NC(=O)c2cc(Cn3nc(C(F)F)cc3C(F)F)nn2-c2ncccc2Cl)C(Cl)=CC(Cl)C1. The van der Waals surface area contributed by atoms with E-state index in [2.05, 4.69) is 30.7 Å². The summed E-state index contributed by atoms with van der Waals surface area (Å²) >= 11 is 18.9. The van der Waals surface area contributed by atoms with E-state index in [-0.39, 0.29) is 45.0 Å². The van der Waals surface area contributed by atoms with Crippen molar-refractivity contribution < 1.29 is 36.7 Å². The third-order valence-corrected chi connectivity index (χ3v) is 6.91. The van der Waals surface area contributed by atoms with Crippen LogP contribution in [0.5, 0.6) is 0 Å². The van der Waals surface area contributed by atoms with Gasteiger partial charge in [-0.15, -0.1) is 11.6 Å². The number of ether oxygens (including phenoxy) is 1. The molecule has 1 aliphatic rings. The summed E-state index contributed by atoms with van der Waals surface area (Å²) < 4.78 is 59.8. The smallest absolute Gasteiger partial charge is 0.428 e. The van der Waals surface area contributed by atoms with Gasteiger partial charge in [-0.1, -0.05) is 23.2 Å². The number of hydrazine groups is 1. The Morgan fingerprint density at radius 1 is 1.14 bits per heavy atom. The Kier molecular flexibility index (Phi) is 10.2. The van der Waals surface area contributed by atoms with E-state index in [9.17, 15) is 31.9 Å². The molecule has 0 bridgehead atoms. The van der Waals surface area contributed by atoms with Gasteiger partial charge in [0.1, 0.15) is 17.1 Å². The maximum absolute atomic E-state index is 13.7. The van der Waals surface area contributed by atoms with E-state index in [1.165, 1.54) is 37.5 Å². The Morgan fingerprint density at radius 3 is 2.50 bits per heavy atom. The summed E-state index contributed by atoms with van der Waals surface area (Å²) in [7, 11) is 2.33. The number of allylic oxidation sites excluding steroid dienone is 2. The maximum atomic E-state index is 13.7. The molecular formula is C25H21Cl3F4N8O4. The van der Waals surface area contributed by atoms with Crippen LogP contribution in [0, 0.1) is 0 Å². The van der Waals surface area contributed by atoms with Crippen LogP contribution in [0.2, 0.25) is 5.02 Å². The first-order valence-corrected chi connectivity index (χ1v) is 13.5. The van der Waals surface area contributed by atoms with Gasteiger partial charge in [-0.25, -0.2) is 37.0 Å². The van der Waals surface area contributed by atoms with Crippen molar-refractivity contribution in [3.63, 3.8) is 0 Å². The van der Waals surface area contributed by atoms with Crippen LogP contribution >= 0.6 is 34.8 Å². The molecule has 44 heavy (non-hydrogen) atoms. The molecule has 2 N–H and O–H groups in total. The third kappa shape index (κ3) is 7.14. The first kappa shape index (κ1) is 32.8. The highest BCUT2D eigenvalue weighted by Gasteiger charge is 2.30. The first-order chi connectivity index (χ1) is 20.8. The Labute approximate surface area is 261 Å². The van der Waals surface area contributed by atoms with Gasteiger partial charge < -0.3 is 10.1 Å². The van der Waals surface area contributed by atoms with Gasteiger partial charge in [0.25, 0.3) is 24.7 Å². The molecule has 0 fully saturated rings. The minimum atomic E-state index is -3.13. The Balaban J connectivity index is 1.75. The lowest BCUT2D eigenvalue weighted by Gasteiger charge is -2.24. The number of nitrogens with zero attached hydrogens (tertiary/aromatic N) is 6. The number of hydrogen-bond acceptors (Lipinski definition) is 7. The molecule has 3 amide bonds. The van der Waals surface area contributed by atoms with Crippen LogP contribution in [-0.2, 0) is 16.1 Å². The van der Waals surface area contributed by atoms with Crippen LogP contribution in [0.25, 0.3) is 5.82 Å². The van der Waals surface area contributed by atoms with E-state index in [4.69, 9.17) is 34.8 Å². The summed E-state index contributed by atoms with van der Waals surface area (Å²) in [5, 5.41) is 10.3. The number of alkyl halides is 5. The quantitative estimate of drug-likeness (QED) is 0.197. The molecule has 4 rings (SSSR count). The van der Waals surface area contributed by atoms with Crippen LogP contribution in [0.4, 0.5) is 22.4 Å². The second kappa shape index (κ2) is 13.7. The number of aromatic nitrogens is 5. The minimum absolute atomic E-state index is 0.0360. The van der Waals surface area contributed by atoms with Crippen LogP contribution in [-0.4, -0.2) is 67.0 Å². The number of rotatable bonds is 8. The Bertz CT molecular complexity index is 1660. The monoisotopic (exact) mass is 678 g/mol. The number of amides is 3. The molecule has 3 aromatic rings. The highest BCUT2D eigenvalue weighted by molar-refractivity contribution is 6.34. The molecule has 1 atom stereocenters. The molecular weight excluding hydrogens is 659 g/mol. The molecule has 0 spiro atoms. The summed E-state index contributed by atoms with van der Waals surface area (Å²) in [6, 6.07) is 4.72. The van der Waals surface area contributed by atoms with E-state index in [0.717, 1.165) is 16.8 Å². The molecule has 19 heteroatoms. The van der Waals surface area contributed by atoms with Gasteiger partial charge in [0, 0.05) is 18.8 Å². The second-order valence-corrected chi connectivity index (χ2v) is 10.4. The van der Waals surface area contributed by atoms with Gasteiger partial charge in [0.15, 0.2) is 5.82 Å². The van der Waals surface area contributed by atoms with Crippen molar-refractivity contribution in [1.82, 2.24) is 40.3 Å². The highest BCUT2D eigenvalue weighted by Crippen LogP contribution is 2.31. The predicted octanol–water partition coefficient (Wildman–Crippen LogP) is 4.89. The molecule has 0 aromatic carbocycles. The number of pyridine rings is 1. The lowest BCUT2D eigenvalue weighted by atomic mass is 10.0. The topological polar surface area (TPSA) is 136 Å². The van der Waals surface area contributed by atoms with Gasteiger partial charge in [-0.3, -0.25) is 19.7 Å². The van der Waals surface area contributed by atoms with E-state index in [1.54, 1.807) is 0 Å². The summed E-state index contributed by atoms with van der Waals surface area (Å²) in [5.41, 5.74) is 0.0729. The van der Waals surface area contributed by atoms with Gasteiger partial charge >= 0.3 is 6.09 Å². The minimum Gasteiger partial charge on any atom is -0.452 e. The van der Waals surface area contributed by atoms with Crippen molar-refractivity contribution in [2.75, 3.05) is 14.2 Å². The van der Waals surface area contributed by atoms with Crippen LogP contribution < -0.4 is 10.7 Å². The average molecular weight is 680 g/mol.